The van der Waals surface area contributed by atoms with E-state index in [0.717, 1.165) is 18.4 Å². The van der Waals surface area contributed by atoms with Crippen LogP contribution < -0.4 is 16.0 Å². The second kappa shape index (κ2) is 13.6. The van der Waals surface area contributed by atoms with Gasteiger partial charge in [-0.1, -0.05) is 44.2 Å². The van der Waals surface area contributed by atoms with Crippen LogP contribution in [0.1, 0.15) is 55.2 Å². The zero-order valence-corrected chi connectivity index (χ0v) is 25.5. The van der Waals surface area contributed by atoms with Gasteiger partial charge in [-0.05, 0) is 42.9 Å². The number of carbonyl (C=O) groups excluding carboxylic acids is 5. The topological polar surface area (TPSA) is 142 Å². The maximum absolute atomic E-state index is 13.8. The van der Waals surface area contributed by atoms with Crippen molar-refractivity contribution < 1.29 is 28.7 Å². The molecule has 3 fully saturated rings. The summed E-state index contributed by atoms with van der Waals surface area (Å²) in [5, 5.41) is 8.48. The molecule has 0 spiro atoms. The van der Waals surface area contributed by atoms with Crippen LogP contribution in [0.25, 0.3) is 0 Å². The second-order valence-corrected chi connectivity index (χ2v) is 12.4. The van der Waals surface area contributed by atoms with Crippen LogP contribution in [0.15, 0.2) is 48.7 Å². The summed E-state index contributed by atoms with van der Waals surface area (Å²) in [7, 11) is 1.49. The molecule has 2 aromatic rings. The number of likely N-dealkylation sites (N-methyl/N-ethyl adjacent to an activating group) is 1. The summed E-state index contributed by atoms with van der Waals surface area (Å²) in [4.78, 5) is 70.3. The summed E-state index contributed by atoms with van der Waals surface area (Å²) < 4.78 is 8.14. The molecule has 5 amide bonds. The molecule has 1 aromatic heterocycles. The lowest BCUT2D eigenvalue weighted by Crippen LogP contribution is -2.59. The largest absolute Gasteiger partial charge is 0.360 e. The third-order valence-electron chi connectivity index (χ3n) is 8.20. The molecule has 5 rings (SSSR count). The minimum Gasteiger partial charge on any atom is -0.360 e. The molecule has 2 aliphatic heterocycles. The van der Waals surface area contributed by atoms with E-state index in [1.165, 1.54) is 11.9 Å². The lowest BCUT2D eigenvalue weighted by atomic mass is 10.0. The number of rotatable bonds is 6. The van der Waals surface area contributed by atoms with E-state index in [-0.39, 0.29) is 44.4 Å². The van der Waals surface area contributed by atoms with Crippen LogP contribution in [0.4, 0.5) is 0 Å². The second-order valence-electron chi connectivity index (χ2n) is 12.4. The van der Waals surface area contributed by atoms with Gasteiger partial charge in [0.15, 0.2) is 6.10 Å². The first-order valence-electron chi connectivity index (χ1n) is 15.4. The third kappa shape index (κ3) is 7.65. The van der Waals surface area contributed by atoms with Gasteiger partial charge in [-0.15, -0.1) is 0 Å². The van der Waals surface area contributed by atoms with Crippen LogP contribution in [-0.2, 0) is 30.3 Å². The minimum absolute atomic E-state index is 0.0109. The minimum atomic E-state index is -1.08. The van der Waals surface area contributed by atoms with Crippen molar-refractivity contribution in [2.75, 3.05) is 33.2 Å². The van der Waals surface area contributed by atoms with Crippen LogP contribution in [0.2, 0.25) is 0 Å². The van der Waals surface area contributed by atoms with Crippen molar-refractivity contribution in [2.45, 2.75) is 69.9 Å². The van der Waals surface area contributed by atoms with Gasteiger partial charge in [0.1, 0.15) is 17.8 Å². The highest BCUT2D eigenvalue weighted by Crippen LogP contribution is 2.36. The Hall–Kier alpha value is -4.19. The first kappa shape index (κ1) is 31.2. The fourth-order valence-electron chi connectivity index (χ4n) is 5.82. The van der Waals surface area contributed by atoms with E-state index in [9.17, 15) is 24.0 Å². The number of fused-ring (bicyclic) bond motifs is 2. The van der Waals surface area contributed by atoms with Crippen LogP contribution in [0, 0.1) is 5.92 Å². The number of hydrogen-bond donors (Lipinski definition) is 3. The number of morpholine rings is 1. The molecule has 12 nitrogen and oxygen atoms in total. The zero-order chi connectivity index (χ0) is 31.4. The average molecular weight is 607 g/mol. The molecule has 2 saturated heterocycles. The van der Waals surface area contributed by atoms with Crippen molar-refractivity contribution in [1.29, 1.82) is 0 Å². The van der Waals surface area contributed by atoms with Gasteiger partial charge in [0, 0.05) is 38.8 Å². The van der Waals surface area contributed by atoms with Crippen molar-refractivity contribution in [3.63, 3.8) is 0 Å². The predicted molar refractivity (Wildman–Crippen MR) is 161 cm³/mol. The van der Waals surface area contributed by atoms with Gasteiger partial charge in [0.2, 0.25) is 17.7 Å². The summed E-state index contributed by atoms with van der Waals surface area (Å²) in [6.07, 6.45) is 2.74. The van der Waals surface area contributed by atoms with Crippen molar-refractivity contribution >= 4 is 29.5 Å². The van der Waals surface area contributed by atoms with E-state index in [4.69, 9.17) is 4.74 Å². The molecular formula is C32H42N6O6. The summed E-state index contributed by atoms with van der Waals surface area (Å²) in [5.74, 6) is -1.99. The van der Waals surface area contributed by atoms with E-state index >= 15 is 0 Å². The van der Waals surface area contributed by atoms with E-state index in [2.05, 4.69) is 16.0 Å². The van der Waals surface area contributed by atoms with Gasteiger partial charge < -0.3 is 35.1 Å². The molecular weight excluding hydrogens is 564 g/mol. The molecule has 1 aromatic carbocycles. The Bertz CT molecular complexity index is 1370. The number of amides is 5. The van der Waals surface area contributed by atoms with Gasteiger partial charge >= 0.3 is 0 Å². The molecule has 0 radical (unpaired) electrons. The normalized spacial score (nSPS) is 25.5. The van der Waals surface area contributed by atoms with Crippen molar-refractivity contribution in [1.82, 2.24) is 30.3 Å². The number of benzene rings is 1. The quantitative estimate of drug-likeness (QED) is 0.446. The highest BCUT2D eigenvalue weighted by atomic mass is 16.5. The summed E-state index contributed by atoms with van der Waals surface area (Å²) in [6.45, 7) is 3.80. The van der Waals surface area contributed by atoms with Gasteiger partial charge in [0.25, 0.3) is 11.8 Å². The molecule has 236 valence electrons. The number of hydrogen-bond acceptors (Lipinski definition) is 6. The zero-order valence-electron chi connectivity index (χ0n) is 25.5. The lowest BCUT2D eigenvalue weighted by molar-refractivity contribution is -0.148. The first-order valence-corrected chi connectivity index (χ1v) is 15.4. The summed E-state index contributed by atoms with van der Waals surface area (Å²) in [5.41, 5.74) is 1.37. The Labute approximate surface area is 257 Å². The smallest absolute Gasteiger partial charge is 0.270 e. The van der Waals surface area contributed by atoms with Crippen molar-refractivity contribution in [2.24, 2.45) is 5.92 Å². The van der Waals surface area contributed by atoms with Gasteiger partial charge in [-0.2, -0.15) is 0 Å². The number of aromatic nitrogens is 1. The molecule has 4 atom stereocenters. The van der Waals surface area contributed by atoms with Gasteiger partial charge in [-0.25, -0.2) is 0 Å². The predicted octanol–water partition coefficient (Wildman–Crippen LogP) is 0.879. The molecule has 12 heteroatoms. The maximum Gasteiger partial charge on any atom is 0.270 e. The fraction of sp³-hybridized carbons (Fsp3) is 0.531. The van der Waals surface area contributed by atoms with Crippen LogP contribution in [-0.4, -0.2) is 101 Å². The molecule has 2 bridgehead atoms. The third-order valence-corrected chi connectivity index (χ3v) is 8.20. The van der Waals surface area contributed by atoms with Crippen molar-refractivity contribution in [3.05, 3.63) is 59.9 Å². The van der Waals surface area contributed by atoms with Gasteiger partial charge in [-0.3, -0.25) is 24.0 Å². The first-order chi connectivity index (χ1) is 21.1. The van der Waals surface area contributed by atoms with Gasteiger partial charge in [0.05, 0.1) is 19.2 Å². The summed E-state index contributed by atoms with van der Waals surface area (Å²) >= 11 is 0. The molecule has 3 aliphatic rings. The number of nitrogens with zero attached hydrogens (tertiary/aromatic N) is 3. The maximum atomic E-state index is 13.8. The van der Waals surface area contributed by atoms with E-state index < -0.39 is 47.9 Å². The van der Waals surface area contributed by atoms with Crippen molar-refractivity contribution in [3.8, 4) is 0 Å². The monoisotopic (exact) mass is 606 g/mol. The van der Waals surface area contributed by atoms with E-state index in [0.29, 0.717) is 18.2 Å². The average Bonchev–Trinajstić information content (AvgIpc) is 3.73. The van der Waals surface area contributed by atoms with Crippen LogP contribution >= 0.6 is 0 Å². The van der Waals surface area contributed by atoms with E-state index in [1.807, 2.05) is 61.0 Å². The SMILES string of the molecule is CC(C)C[C@@H]1NC(=O)CN(C)C(=O)[C@@H](Cc2ccccc2)NC(=O)[C@H]2CN(C(=O)c3cccn3C3CC3)C[C@@H](CNC1=O)O2. The Kier molecular flexibility index (Phi) is 9.68. The highest BCUT2D eigenvalue weighted by molar-refractivity contribution is 5.95. The molecule has 44 heavy (non-hydrogen) atoms. The molecule has 1 aliphatic carbocycles. The number of carbonyl (C=O) groups is 5. The fourth-order valence-corrected chi connectivity index (χ4v) is 5.82. The molecule has 3 heterocycles. The number of nitrogens with one attached hydrogen (secondary N) is 3. The number of ether oxygens (including phenoxy) is 1. The van der Waals surface area contributed by atoms with E-state index in [1.54, 1.807) is 11.0 Å². The lowest BCUT2D eigenvalue weighted by Gasteiger charge is -2.38. The highest BCUT2D eigenvalue weighted by Gasteiger charge is 2.39. The van der Waals surface area contributed by atoms with Crippen LogP contribution in [0.5, 0.6) is 0 Å². The Morgan fingerprint density at radius 3 is 2.41 bits per heavy atom. The molecule has 3 N–H and O–H groups in total. The Balaban J connectivity index is 1.44. The molecule has 0 unspecified atom stereocenters. The molecule has 1 saturated carbocycles. The summed E-state index contributed by atoms with van der Waals surface area (Å²) in [6, 6.07) is 11.4. The van der Waals surface area contributed by atoms with Crippen LogP contribution in [0.3, 0.4) is 0 Å². The Morgan fingerprint density at radius 1 is 0.955 bits per heavy atom. The Morgan fingerprint density at radius 2 is 1.70 bits per heavy atom. The standard InChI is InChI=1S/C32H42N6O6/c1-20(2)14-24-29(40)33-16-23-17-37(32(43)26-10-7-13-38(26)22-11-12-22)18-27(44-23)30(41)35-25(15-21-8-5-4-6-9-21)31(42)36(3)19-28(39)34-24/h4-10,13,20,22-25,27H,11-12,14-19H2,1-3H3,(H,33,40)(H,34,39)(H,35,41)/t23-,24+,25-,27-/m1/s1.